The van der Waals surface area contributed by atoms with Gasteiger partial charge in [0.25, 0.3) is 5.91 Å². The second-order valence-corrected chi connectivity index (χ2v) is 8.03. The number of benzene rings is 1. The molecule has 2 aromatic rings. The van der Waals surface area contributed by atoms with Gasteiger partial charge in [0.05, 0.1) is 14.2 Å². The minimum Gasteiger partial charge on any atom is -0.493 e. The minimum atomic E-state index is -0.305. The van der Waals surface area contributed by atoms with Gasteiger partial charge in [-0.1, -0.05) is 6.07 Å². The molecule has 1 unspecified atom stereocenters. The van der Waals surface area contributed by atoms with E-state index in [1.165, 1.54) is 5.56 Å². The Morgan fingerprint density at radius 1 is 1.21 bits per heavy atom. The largest absolute Gasteiger partial charge is 0.493 e. The molecule has 1 aliphatic heterocycles. The van der Waals surface area contributed by atoms with E-state index < -0.39 is 0 Å². The van der Waals surface area contributed by atoms with Crippen LogP contribution in [-0.4, -0.2) is 48.6 Å². The van der Waals surface area contributed by atoms with E-state index >= 15 is 0 Å². The van der Waals surface area contributed by atoms with Crippen LogP contribution in [0.3, 0.4) is 0 Å². The summed E-state index contributed by atoms with van der Waals surface area (Å²) in [5.41, 5.74) is 9.17. The summed E-state index contributed by atoms with van der Waals surface area (Å²) in [7, 11) is 3.19. The summed E-state index contributed by atoms with van der Waals surface area (Å²) in [6.07, 6.45) is 8.16. The average Bonchev–Trinajstić information content (AvgIpc) is 2.73. The number of carbonyl (C=O) groups is 1. The maximum absolute atomic E-state index is 13.0. The molecule has 156 valence electrons. The highest BCUT2D eigenvalue weighted by atomic mass is 16.5. The number of methoxy groups -OCH3 is 2. The third-order valence-corrected chi connectivity index (χ3v) is 5.67. The molecule has 0 fully saturated rings. The van der Waals surface area contributed by atoms with E-state index in [0.29, 0.717) is 30.2 Å². The Bertz CT molecular complexity index is 837. The van der Waals surface area contributed by atoms with Gasteiger partial charge < -0.3 is 20.1 Å². The average molecular weight is 398 g/mol. The van der Waals surface area contributed by atoms with E-state index in [1.54, 1.807) is 26.5 Å². The summed E-state index contributed by atoms with van der Waals surface area (Å²) >= 11 is 0. The van der Waals surface area contributed by atoms with Crippen molar-refractivity contribution in [2.75, 3.05) is 27.3 Å². The molecule has 0 aliphatic carbocycles. The van der Waals surface area contributed by atoms with Crippen LogP contribution in [0.1, 0.15) is 47.7 Å². The molecule has 1 aromatic carbocycles. The van der Waals surface area contributed by atoms with E-state index in [1.807, 2.05) is 23.2 Å². The molecule has 29 heavy (non-hydrogen) atoms. The lowest BCUT2D eigenvalue weighted by Crippen LogP contribution is -2.44. The van der Waals surface area contributed by atoms with Crippen LogP contribution in [-0.2, 0) is 12.8 Å². The fourth-order valence-corrected chi connectivity index (χ4v) is 3.83. The molecule has 6 heteroatoms. The molecule has 1 aliphatic rings. The third kappa shape index (κ3) is 5.26. The molecule has 1 amide bonds. The molecule has 0 spiro atoms. The maximum Gasteiger partial charge on any atom is 0.254 e. The van der Waals surface area contributed by atoms with Crippen molar-refractivity contribution in [3.8, 4) is 11.5 Å². The molecule has 0 radical (unpaired) electrons. The number of nitrogens with zero attached hydrogens (tertiary/aromatic N) is 2. The summed E-state index contributed by atoms with van der Waals surface area (Å²) < 4.78 is 10.7. The predicted octanol–water partition coefficient (Wildman–Crippen LogP) is 3.23. The van der Waals surface area contributed by atoms with Crippen molar-refractivity contribution in [3.05, 3.63) is 53.3 Å². The molecular formula is C23H31N3O3. The van der Waals surface area contributed by atoms with Crippen LogP contribution in [0.4, 0.5) is 0 Å². The van der Waals surface area contributed by atoms with Crippen LogP contribution < -0.4 is 15.2 Å². The van der Waals surface area contributed by atoms with Gasteiger partial charge in [-0.25, -0.2) is 0 Å². The van der Waals surface area contributed by atoms with Gasteiger partial charge in [0.15, 0.2) is 11.5 Å². The van der Waals surface area contributed by atoms with E-state index in [0.717, 1.165) is 37.7 Å². The molecule has 0 saturated carbocycles. The molecule has 6 nitrogen and oxygen atoms in total. The SMILES string of the molecule is COc1cc2c(cc1OC)C(=O)N(CCC(C)(N)CCCc1cccnc1)CC2. The summed E-state index contributed by atoms with van der Waals surface area (Å²) in [5.74, 6) is 1.29. The molecule has 3 rings (SSSR count). The second kappa shape index (κ2) is 9.27. The Kier molecular flexibility index (Phi) is 6.75. The number of aryl methyl sites for hydroxylation is 1. The number of nitrogens with two attached hydrogens (primary N) is 1. The Balaban J connectivity index is 1.56. The highest BCUT2D eigenvalue weighted by Gasteiger charge is 2.28. The monoisotopic (exact) mass is 397 g/mol. The molecule has 1 aromatic heterocycles. The van der Waals surface area contributed by atoms with Gasteiger partial charge in [-0.05, 0) is 68.4 Å². The van der Waals surface area contributed by atoms with Crippen LogP contribution in [0.15, 0.2) is 36.7 Å². The van der Waals surface area contributed by atoms with E-state index in [9.17, 15) is 4.79 Å². The van der Waals surface area contributed by atoms with Crippen LogP contribution in [0.25, 0.3) is 0 Å². The van der Waals surface area contributed by atoms with Crippen molar-refractivity contribution in [1.82, 2.24) is 9.88 Å². The number of aromatic nitrogens is 1. The standard InChI is InChI=1S/C23H31N3O3/c1-23(24,9-4-6-17-7-5-11-25-16-17)10-13-26-12-8-18-14-20(28-2)21(29-3)15-19(18)22(26)27/h5,7,11,14-16H,4,6,8-10,12-13,24H2,1-3H3. The van der Waals surface area contributed by atoms with Crippen molar-refractivity contribution >= 4 is 5.91 Å². The molecule has 0 bridgehead atoms. The highest BCUT2D eigenvalue weighted by molar-refractivity contribution is 5.97. The van der Waals surface area contributed by atoms with Gasteiger partial charge in [0, 0.05) is 36.6 Å². The third-order valence-electron chi connectivity index (χ3n) is 5.67. The van der Waals surface area contributed by atoms with Crippen molar-refractivity contribution in [2.24, 2.45) is 5.73 Å². The van der Waals surface area contributed by atoms with Gasteiger partial charge in [-0.3, -0.25) is 9.78 Å². The van der Waals surface area contributed by atoms with E-state index in [4.69, 9.17) is 15.2 Å². The Morgan fingerprint density at radius 2 is 1.97 bits per heavy atom. The number of fused-ring (bicyclic) bond motifs is 1. The first-order chi connectivity index (χ1) is 13.9. The quantitative estimate of drug-likeness (QED) is 0.703. The molecular weight excluding hydrogens is 366 g/mol. The first-order valence-electron chi connectivity index (χ1n) is 10.2. The minimum absolute atomic E-state index is 0.0402. The number of hydrogen-bond donors (Lipinski definition) is 1. The predicted molar refractivity (Wildman–Crippen MR) is 114 cm³/mol. The van der Waals surface area contributed by atoms with Crippen molar-refractivity contribution < 1.29 is 14.3 Å². The lowest BCUT2D eigenvalue weighted by Gasteiger charge is -2.33. The number of ether oxygens (including phenoxy) is 2. The van der Waals surface area contributed by atoms with Crippen molar-refractivity contribution in [2.45, 2.75) is 44.6 Å². The fourth-order valence-electron chi connectivity index (χ4n) is 3.83. The Hall–Kier alpha value is -2.60. The lowest BCUT2D eigenvalue weighted by atomic mass is 9.90. The van der Waals surface area contributed by atoms with Gasteiger partial charge in [0.1, 0.15) is 0 Å². The molecule has 1 atom stereocenters. The first-order valence-corrected chi connectivity index (χ1v) is 10.2. The number of pyridine rings is 1. The zero-order valence-electron chi connectivity index (χ0n) is 17.6. The normalized spacial score (nSPS) is 15.6. The topological polar surface area (TPSA) is 77.7 Å². The Morgan fingerprint density at radius 3 is 2.66 bits per heavy atom. The van der Waals surface area contributed by atoms with Crippen LogP contribution in [0.5, 0.6) is 11.5 Å². The number of rotatable bonds is 9. The zero-order valence-corrected chi connectivity index (χ0v) is 17.6. The number of carbonyl (C=O) groups excluding carboxylic acids is 1. The summed E-state index contributed by atoms with van der Waals surface area (Å²) in [4.78, 5) is 19.0. The number of hydrogen-bond acceptors (Lipinski definition) is 5. The number of amides is 1. The van der Waals surface area contributed by atoms with Gasteiger partial charge >= 0.3 is 0 Å². The zero-order chi connectivity index (χ0) is 20.9. The first kappa shape index (κ1) is 21.1. The second-order valence-electron chi connectivity index (χ2n) is 8.03. The van der Waals surface area contributed by atoms with Crippen LogP contribution in [0.2, 0.25) is 0 Å². The fraction of sp³-hybridized carbons (Fsp3) is 0.478. The molecule has 2 heterocycles. The van der Waals surface area contributed by atoms with Crippen molar-refractivity contribution in [1.29, 1.82) is 0 Å². The lowest BCUT2D eigenvalue weighted by molar-refractivity contribution is 0.0726. The Labute approximate surface area is 173 Å². The summed E-state index contributed by atoms with van der Waals surface area (Å²) in [6, 6.07) is 7.75. The van der Waals surface area contributed by atoms with E-state index in [2.05, 4.69) is 18.0 Å². The summed E-state index contributed by atoms with van der Waals surface area (Å²) in [6.45, 7) is 3.44. The maximum atomic E-state index is 13.0. The highest BCUT2D eigenvalue weighted by Crippen LogP contribution is 2.33. The van der Waals surface area contributed by atoms with Gasteiger partial charge in [0.2, 0.25) is 0 Å². The van der Waals surface area contributed by atoms with Gasteiger partial charge in [-0.2, -0.15) is 0 Å². The smallest absolute Gasteiger partial charge is 0.254 e. The molecule has 2 N–H and O–H groups in total. The van der Waals surface area contributed by atoms with Gasteiger partial charge in [-0.15, -0.1) is 0 Å². The van der Waals surface area contributed by atoms with Crippen molar-refractivity contribution in [3.63, 3.8) is 0 Å². The molecule has 0 saturated heterocycles. The van der Waals surface area contributed by atoms with Crippen LogP contribution >= 0.6 is 0 Å². The van der Waals surface area contributed by atoms with Crippen LogP contribution in [0, 0.1) is 0 Å². The summed E-state index contributed by atoms with van der Waals surface area (Å²) in [5, 5.41) is 0. The van der Waals surface area contributed by atoms with E-state index in [-0.39, 0.29) is 11.4 Å².